The van der Waals surface area contributed by atoms with E-state index in [2.05, 4.69) is 22.0 Å². The summed E-state index contributed by atoms with van der Waals surface area (Å²) in [5, 5.41) is 3.48. The quantitative estimate of drug-likeness (QED) is 0.655. The van der Waals surface area contributed by atoms with Crippen molar-refractivity contribution in [2.45, 2.75) is 19.8 Å². The molecule has 0 spiro atoms. The van der Waals surface area contributed by atoms with Gasteiger partial charge in [-0.15, -0.1) is 0 Å². The Morgan fingerprint density at radius 1 is 1.25 bits per heavy atom. The predicted molar refractivity (Wildman–Crippen MR) is 72.4 cm³/mol. The predicted octanol–water partition coefficient (Wildman–Crippen LogP) is 1.44. The molecule has 0 aromatic rings. The minimum absolute atomic E-state index is 0.839. The molecular weight excluding hydrogens is 220 g/mol. The molecule has 1 saturated heterocycles. The van der Waals surface area contributed by atoms with Crippen molar-refractivity contribution < 1.29 is 4.74 Å². The maximum absolute atomic E-state index is 5.29. The van der Waals surface area contributed by atoms with Gasteiger partial charge in [-0.2, -0.15) is 11.8 Å². The Morgan fingerprint density at radius 2 is 2.19 bits per heavy atom. The van der Waals surface area contributed by atoms with E-state index < -0.39 is 0 Å². The fraction of sp³-hybridized carbons (Fsp3) is 1.00. The second-order valence-corrected chi connectivity index (χ2v) is 5.33. The van der Waals surface area contributed by atoms with E-state index in [1.165, 1.54) is 37.6 Å². The lowest BCUT2D eigenvalue weighted by Gasteiger charge is -2.19. The van der Waals surface area contributed by atoms with Crippen LogP contribution in [0.2, 0.25) is 0 Å². The van der Waals surface area contributed by atoms with Gasteiger partial charge in [0, 0.05) is 38.6 Å². The van der Waals surface area contributed by atoms with Crippen LogP contribution in [0.1, 0.15) is 19.8 Å². The van der Waals surface area contributed by atoms with Gasteiger partial charge in [0.05, 0.1) is 0 Å². The van der Waals surface area contributed by atoms with E-state index in [-0.39, 0.29) is 0 Å². The van der Waals surface area contributed by atoms with Gasteiger partial charge < -0.3 is 15.0 Å². The van der Waals surface area contributed by atoms with Gasteiger partial charge in [-0.05, 0) is 38.6 Å². The molecule has 0 saturated carbocycles. The molecule has 0 unspecified atom stereocenters. The number of rotatable bonds is 8. The SMILES string of the molecule is CCOCCCNCCN1CCCSCC1. The van der Waals surface area contributed by atoms with Gasteiger partial charge in [-0.3, -0.25) is 0 Å². The summed E-state index contributed by atoms with van der Waals surface area (Å²) in [6.45, 7) is 9.74. The molecular formula is C12H26N2OS. The first kappa shape index (κ1) is 14.3. The largest absolute Gasteiger partial charge is 0.382 e. The van der Waals surface area contributed by atoms with Crippen molar-refractivity contribution in [3.63, 3.8) is 0 Å². The zero-order valence-electron chi connectivity index (χ0n) is 10.5. The van der Waals surface area contributed by atoms with Crippen LogP contribution in [0.4, 0.5) is 0 Å². The number of ether oxygens (including phenoxy) is 1. The normalized spacial score (nSPS) is 18.6. The fourth-order valence-corrected chi connectivity index (χ4v) is 2.75. The fourth-order valence-electron chi connectivity index (χ4n) is 1.83. The van der Waals surface area contributed by atoms with E-state index in [0.29, 0.717) is 0 Å². The van der Waals surface area contributed by atoms with Gasteiger partial charge >= 0.3 is 0 Å². The van der Waals surface area contributed by atoms with Crippen LogP contribution in [0, 0.1) is 0 Å². The highest BCUT2D eigenvalue weighted by Gasteiger charge is 2.07. The molecule has 4 heteroatoms. The maximum Gasteiger partial charge on any atom is 0.0477 e. The molecule has 16 heavy (non-hydrogen) atoms. The Bertz CT molecular complexity index is 150. The molecule has 0 radical (unpaired) electrons. The first-order valence-electron chi connectivity index (χ1n) is 6.52. The van der Waals surface area contributed by atoms with Crippen LogP contribution in [-0.2, 0) is 4.74 Å². The molecule has 1 N–H and O–H groups in total. The molecule has 0 aliphatic carbocycles. The molecule has 0 aromatic heterocycles. The molecule has 3 nitrogen and oxygen atoms in total. The highest BCUT2D eigenvalue weighted by Crippen LogP contribution is 2.08. The Morgan fingerprint density at radius 3 is 3.06 bits per heavy atom. The third kappa shape index (κ3) is 7.49. The molecule has 0 aromatic carbocycles. The molecule has 0 bridgehead atoms. The van der Waals surface area contributed by atoms with Crippen LogP contribution >= 0.6 is 11.8 Å². The summed E-state index contributed by atoms with van der Waals surface area (Å²) in [7, 11) is 0. The zero-order valence-corrected chi connectivity index (χ0v) is 11.4. The Balaban J connectivity index is 1.86. The highest BCUT2D eigenvalue weighted by molar-refractivity contribution is 7.99. The van der Waals surface area contributed by atoms with E-state index in [9.17, 15) is 0 Å². The van der Waals surface area contributed by atoms with Crippen LogP contribution < -0.4 is 5.32 Å². The summed E-state index contributed by atoms with van der Waals surface area (Å²) in [5.41, 5.74) is 0. The van der Waals surface area contributed by atoms with E-state index in [4.69, 9.17) is 4.74 Å². The van der Waals surface area contributed by atoms with Gasteiger partial charge in [0.25, 0.3) is 0 Å². The number of thioether (sulfide) groups is 1. The lowest BCUT2D eigenvalue weighted by Crippen LogP contribution is -2.34. The van der Waals surface area contributed by atoms with Gasteiger partial charge in [0.15, 0.2) is 0 Å². The molecule has 1 aliphatic rings. The first-order chi connectivity index (χ1) is 7.93. The minimum Gasteiger partial charge on any atom is -0.382 e. The molecule has 1 aliphatic heterocycles. The standard InChI is InChI=1S/C12H26N2OS/c1-2-15-10-3-5-13-6-8-14-7-4-11-16-12-9-14/h13H,2-12H2,1H3. The van der Waals surface area contributed by atoms with Gasteiger partial charge in [0.1, 0.15) is 0 Å². The lowest BCUT2D eigenvalue weighted by atomic mass is 10.4. The van der Waals surface area contributed by atoms with E-state index in [1.807, 2.05) is 6.92 Å². The molecule has 0 amide bonds. The van der Waals surface area contributed by atoms with Crippen molar-refractivity contribution in [1.82, 2.24) is 10.2 Å². The minimum atomic E-state index is 0.839. The van der Waals surface area contributed by atoms with Crippen LogP contribution in [0.15, 0.2) is 0 Å². The second kappa shape index (κ2) is 10.4. The summed E-state index contributed by atoms with van der Waals surface area (Å²) in [4.78, 5) is 2.58. The van der Waals surface area contributed by atoms with Gasteiger partial charge in [-0.1, -0.05) is 0 Å². The first-order valence-corrected chi connectivity index (χ1v) is 7.67. The number of nitrogens with zero attached hydrogens (tertiary/aromatic N) is 1. The smallest absolute Gasteiger partial charge is 0.0477 e. The lowest BCUT2D eigenvalue weighted by molar-refractivity contribution is 0.144. The van der Waals surface area contributed by atoms with Crippen molar-refractivity contribution in [2.75, 3.05) is 57.4 Å². The van der Waals surface area contributed by atoms with Crippen molar-refractivity contribution >= 4 is 11.8 Å². The van der Waals surface area contributed by atoms with Crippen LogP contribution in [-0.4, -0.2) is 62.3 Å². The number of nitrogens with one attached hydrogen (secondary N) is 1. The van der Waals surface area contributed by atoms with Crippen LogP contribution in [0.5, 0.6) is 0 Å². The van der Waals surface area contributed by atoms with E-state index in [1.54, 1.807) is 0 Å². The Kier molecular flexibility index (Phi) is 9.28. The highest BCUT2D eigenvalue weighted by atomic mass is 32.2. The van der Waals surface area contributed by atoms with Crippen molar-refractivity contribution in [3.05, 3.63) is 0 Å². The maximum atomic E-state index is 5.29. The number of hydrogen-bond donors (Lipinski definition) is 1. The van der Waals surface area contributed by atoms with Crippen LogP contribution in [0.3, 0.4) is 0 Å². The summed E-state index contributed by atoms with van der Waals surface area (Å²) in [5.74, 6) is 2.66. The number of hydrogen-bond acceptors (Lipinski definition) is 4. The summed E-state index contributed by atoms with van der Waals surface area (Å²) >= 11 is 2.09. The second-order valence-electron chi connectivity index (χ2n) is 4.11. The summed E-state index contributed by atoms with van der Waals surface area (Å²) in [6.07, 6.45) is 2.48. The summed E-state index contributed by atoms with van der Waals surface area (Å²) in [6, 6.07) is 0. The van der Waals surface area contributed by atoms with E-state index >= 15 is 0 Å². The monoisotopic (exact) mass is 246 g/mol. The molecule has 96 valence electrons. The molecule has 1 rings (SSSR count). The Labute approximate surface area is 104 Å². The third-order valence-electron chi connectivity index (χ3n) is 2.77. The third-order valence-corrected chi connectivity index (χ3v) is 3.81. The van der Waals surface area contributed by atoms with Gasteiger partial charge in [0.2, 0.25) is 0 Å². The van der Waals surface area contributed by atoms with Crippen molar-refractivity contribution in [3.8, 4) is 0 Å². The topological polar surface area (TPSA) is 24.5 Å². The van der Waals surface area contributed by atoms with Gasteiger partial charge in [-0.25, -0.2) is 0 Å². The molecule has 0 atom stereocenters. The van der Waals surface area contributed by atoms with Crippen molar-refractivity contribution in [1.29, 1.82) is 0 Å². The average Bonchev–Trinajstić information content (AvgIpc) is 2.56. The molecule has 1 heterocycles. The van der Waals surface area contributed by atoms with E-state index in [0.717, 1.165) is 32.7 Å². The summed E-state index contributed by atoms with van der Waals surface area (Å²) < 4.78 is 5.29. The average molecular weight is 246 g/mol. The van der Waals surface area contributed by atoms with Crippen molar-refractivity contribution in [2.24, 2.45) is 0 Å². The van der Waals surface area contributed by atoms with Crippen LogP contribution in [0.25, 0.3) is 0 Å². The molecule has 1 fully saturated rings. The zero-order chi connectivity index (χ0) is 11.5. The Hall–Kier alpha value is 0.230.